The minimum absolute atomic E-state index is 0.0153. The predicted molar refractivity (Wildman–Crippen MR) is 234 cm³/mol. The molecule has 3 amide bonds. The first-order chi connectivity index (χ1) is 29.5. The van der Waals surface area contributed by atoms with E-state index in [2.05, 4.69) is 53.2 Å². The molecule has 3 aliphatic heterocycles. The number of nitrogens with one attached hydrogen (secondary N) is 2. The van der Waals surface area contributed by atoms with Gasteiger partial charge in [0.1, 0.15) is 29.1 Å². The van der Waals surface area contributed by atoms with E-state index in [9.17, 15) is 24.3 Å². The zero-order chi connectivity index (χ0) is 44.5. The third-order valence-corrected chi connectivity index (χ3v) is 12.1. The number of fused-ring (bicyclic) bond motifs is 6. The van der Waals surface area contributed by atoms with Crippen molar-refractivity contribution < 1.29 is 38.5 Å². The minimum atomic E-state index is -1.30. The van der Waals surface area contributed by atoms with Crippen molar-refractivity contribution in [1.29, 1.82) is 0 Å². The summed E-state index contributed by atoms with van der Waals surface area (Å²) in [5.41, 5.74) is 15.4. The molecular weight excluding hydrogens is 791 g/mol. The topological polar surface area (TPSA) is 191 Å². The minimum Gasteiger partial charge on any atom is -0.508 e. The molecule has 330 valence electrons. The highest BCUT2D eigenvalue weighted by Gasteiger charge is 2.43. The van der Waals surface area contributed by atoms with Gasteiger partial charge in [-0.3, -0.25) is 29.2 Å². The lowest BCUT2D eigenvalue weighted by Gasteiger charge is -2.36. The van der Waals surface area contributed by atoms with Crippen molar-refractivity contribution in [2.75, 3.05) is 40.5 Å². The number of nitrogens with two attached hydrogens (primary N) is 1. The Morgan fingerprint density at radius 1 is 1.11 bits per heavy atom. The first-order valence-corrected chi connectivity index (χ1v) is 21.3. The highest BCUT2D eigenvalue weighted by Crippen LogP contribution is 2.41. The summed E-state index contributed by atoms with van der Waals surface area (Å²) in [5.74, 6) is -2.13. The van der Waals surface area contributed by atoms with E-state index < -0.39 is 46.7 Å². The molecular formula is C47H59N7O8. The van der Waals surface area contributed by atoms with Gasteiger partial charge in [0, 0.05) is 74.5 Å². The first kappa shape index (κ1) is 44.4. The number of phenolic OH excluding ortho intramolecular Hbond substituents is 1. The van der Waals surface area contributed by atoms with Crippen LogP contribution in [0.4, 0.5) is 0 Å². The predicted octanol–water partition coefficient (Wildman–Crippen LogP) is 4.76. The number of pyridine rings is 1. The molecule has 6 bridgehead atoms. The summed E-state index contributed by atoms with van der Waals surface area (Å²) in [6.07, 6.45) is 5.41. The van der Waals surface area contributed by atoms with E-state index in [0.717, 1.165) is 38.9 Å². The van der Waals surface area contributed by atoms with Crippen LogP contribution in [0.5, 0.6) is 5.75 Å². The van der Waals surface area contributed by atoms with Crippen molar-refractivity contribution in [2.24, 2.45) is 11.1 Å². The number of ether oxygens (including phenoxy) is 3. The van der Waals surface area contributed by atoms with Gasteiger partial charge in [0.05, 0.1) is 25.5 Å². The molecule has 62 heavy (non-hydrogen) atoms. The number of amides is 3. The number of rotatable bonds is 8. The number of benzene rings is 2. The highest BCUT2D eigenvalue weighted by molar-refractivity contribution is 6.02. The van der Waals surface area contributed by atoms with Crippen LogP contribution in [0.25, 0.3) is 33.3 Å². The Labute approximate surface area is 362 Å². The van der Waals surface area contributed by atoms with E-state index in [1.165, 1.54) is 17.0 Å². The maximum absolute atomic E-state index is 14.6. The number of allylic oxidation sites excluding steroid dienone is 1. The molecule has 2 saturated heterocycles. The number of hydrazine groups is 1. The molecule has 2 fully saturated rings. The number of carbonyl (C=O) groups excluding carboxylic acids is 4. The van der Waals surface area contributed by atoms with Gasteiger partial charge in [-0.1, -0.05) is 26.0 Å². The molecule has 4 aromatic rings. The van der Waals surface area contributed by atoms with Crippen LogP contribution >= 0.6 is 0 Å². The van der Waals surface area contributed by atoms with Crippen LogP contribution in [-0.4, -0.2) is 106 Å². The lowest BCUT2D eigenvalue weighted by Crippen LogP contribution is -2.61. The number of hydrogen-bond acceptors (Lipinski definition) is 11. The van der Waals surface area contributed by atoms with Crippen molar-refractivity contribution in [3.63, 3.8) is 0 Å². The summed E-state index contributed by atoms with van der Waals surface area (Å²) in [4.78, 5) is 62.2. The van der Waals surface area contributed by atoms with Crippen LogP contribution in [0.2, 0.25) is 0 Å². The largest absolute Gasteiger partial charge is 0.508 e. The van der Waals surface area contributed by atoms with Crippen molar-refractivity contribution in [3.05, 3.63) is 82.8 Å². The fraction of sp³-hybridized carbons (Fsp3) is 0.468. The van der Waals surface area contributed by atoms with Crippen molar-refractivity contribution in [3.8, 4) is 28.1 Å². The van der Waals surface area contributed by atoms with Gasteiger partial charge in [-0.25, -0.2) is 5.43 Å². The van der Waals surface area contributed by atoms with E-state index in [1.807, 2.05) is 24.4 Å². The molecule has 0 aliphatic carbocycles. The number of aromatic nitrogens is 2. The second-order valence-corrected chi connectivity index (χ2v) is 17.8. The number of phenols is 1. The van der Waals surface area contributed by atoms with E-state index in [0.29, 0.717) is 62.1 Å². The Hall–Kier alpha value is -5.61. The van der Waals surface area contributed by atoms with Gasteiger partial charge >= 0.3 is 5.97 Å². The average molecular weight is 850 g/mol. The summed E-state index contributed by atoms with van der Waals surface area (Å²) >= 11 is 0. The monoisotopic (exact) mass is 849 g/mol. The molecule has 3 aliphatic rings. The summed E-state index contributed by atoms with van der Waals surface area (Å²) in [6.45, 7) is 11.5. The van der Waals surface area contributed by atoms with Gasteiger partial charge in [0.25, 0.3) is 11.8 Å². The molecule has 0 unspecified atom stereocenters. The van der Waals surface area contributed by atoms with Crippen LogP contribution in [0.3, 0.4) is 0 Å². The molecule has 3 atom stereocenters. The van der Waals surface area contributed by atoms with Crippen LogP contribution in [0, 0.1) is 5.41 Å². The lowest BCUT2D eigenvalue weighted by atomic mass is 9.84. The van der Waals surface area contributed by atoms with Crippen molar-refractivity contribution in [1.82, 2.24) is 30.2 Å². The quantitative estimate of drug-likeness (QED) is 0.141. The van der Waals surface area contributed by atoms with E-state index in [4.69, 9.17) is 19.9 Å². The van der Waals surface area contributed by atoms with E-state index in [1.54, 1.807) is 39.3 Å². The van der Waals surface area contributed by atoms with Crippen LogP contribution in [-0.2, 0) is 59.4 Å². The number of nitrogens with zero attached hydrogens (tertiary/aromatic N) is 4. The zero-order valence-corrected chi connectivity index (χ0v) is 36.8. The summed E-state index contributed by atoms with van der Waals surface area (Å²) in [5, 5.41) is 16.5. The number of hydrogen-bond donors (Lipinski definition) is 4. The first-order valence-electron chi connectivity index (χ1n) is 21.3. The SMILES string of the molecule is CCn1c(-c2cnccc2COC)c2c3cc(ccc31)-c1cc(O)cc(c1)C[C@H](NC(=O)C(=C(C)C)N(C)C(=O)[C@@]1(N)CCOC1)C(=O)N1CCC[C@H](N1)C(=O)OCC(C)(C)C2. The zero-order valence-electron chi connectivity index (χ0n) is 36.8. The number of aryl methyl sites for hydroxylation is 1. The molecule has 0 radical (unpaired) electrons. The Kier molecular flexibility index (Phi) is 12.9. The maximum atomic E-state index is 14.6. The molecule has 2 aromatic carbocycles. The Bertz CT molecular complexity index is 2410. The molecule has 15 nitrogen and oxygen atoms in total. The highest BCUT2D eigenvalue weighted by atomic mass is 16.5. The van der Waals surface area contributed by atoms with Crippen LogP contribution in [0.15, 0.2) is 66.1 Å². The number of carbonyl (C=O) groups is 4. The Balaban J connectivity index is 1.34. The normalized spacial score (nSPS) is 21.6. The number of aromatic hydroxyl groups is 1. The van der Waals surface area contributed by atoms with Crippen LogP contribution in [0.1, 0.15) is 70.6 Å². The van der Waals surface area contributed by atoms with Gasteiger partial charge in [0.15, 0.2) is 0 Å². The van der Waals surface area contributed by atoms with Crippen molar-refractivity contribution >= 4 is 34.6 Å². The van der Waals surface area contributed by atoms with Gasteiger partial charge in [-0.15, -0.1) is 0 Å². The molecule has 7 rings (SSSR count). The van der Waals surface area contributed by atoms with E-state index >= 15 is 0 Å². The summed E-state index contributed by atoms with van der Waals surface area (Å²) < 4.78 is 19.4. The fourth-order valence-electron chi connectivity index (χ4n) is 9.06. The molecule has 2 aromatic heterocycles. The third kappa shape index (κ3) is 8.98. The average Bonchev–Trinajstić information content (AvgIpc) is 3.82. The number of methoxy groups -OCH3 is 1. The molecule has 0 spiro atoms. The summed E-state index contributed by atoms with van der Waals surface area (Å²) in [7, 11) is 3.16. The van der Waals surface area contributed by atoms with Gasteiger partial charge in [-0.2, -0.15) is 0 Å². The van der Waals surface area contributed by atoms with Gasteiger partial charge < -0.3 is 39.8 Å². The number of cyclic esters (lactones) is 1. The number of esters is 1. The fourth-order valence-corrected chi connectivity index (χ4v) is 9.06. The van der Waals surface area contributed by atoms with Gasteiger partial charge in [-0.05, 0) is 110 Å². The molecule has 15 heteroatoms. The molecule has 5 N–H and O–H groups in total. The standard InChI is InChI=1S/C47H59N7O8/c1-8-53-39-12-11-30-22-34(39)35(41(53)36-24-49-15-13-31(36)25-60-7)23-46(4,5)26-62-44(58)37-10-9-16-54(51-37)43(57)38(20-29-18-32(30)21-33(55)19-29)50-42(56)40(28(2)3)52(6)45(59)47(48)14-17-61-27-47/h11-13,15,18-19,21-22,24,37-38,51,55H,8-10,14,16-17,20,23,25-27,48H2,1-7H3,(H,50,56)/t37-,38-,47+/m0/s1. The summed E-state index contributed by atoms with van der Waals surface area (Å²) in [6, 6.07) is 11.4. The van der Waals surface area contributed by atoms with Crippen molar-refractivity contribution in [2.45, 2.75) is 97.5 Å². The van der Waals surface area contributed by atoms with Gasteiger partial charge in [0.2, 0.25) is 5.91 Å². The number of likely N-dealkylation sites (N-methyl/N-ethyl adjacent to an activating group) is 1. The smallest absolute Gasteiger partial charge is 0.324 e. The lowest BCUT2D eigenvalue weighted by molar-refractivity contribution is -0.155. The molecule has 0 saturated carbocycles. The molecule has 5 heterocycles. The third-order valence-electron chi connectivity index (χ3n) is 12.1. The Morgan fingerprint density at radius 3 is 2.61 bits per heavy atom. The van der Waals surface area contributed by atoms with E-state index in [-0.39, 0.29) is 37.6 Å². The second-order valence-electron chi connectivity index (χ2n) is 17.8. The Morgan fingerprint density at radius 2 is 1.90 bits per heavy atom. The second kappa shape index (κ2) is 18.0. The van der Waals surface area contributed by atoms with Crippen LogP contribution < -0.4 is 16.5 Å². The maximum Gasteiger partial charge on any atom is 0.324 e.